The van der Waals surface area contributed by atoms with E-state index in [2.05, 4.69) is 69.4 Å². The number of phosphoric ester groups is 1. The number of unbranched alkanes of at least 4 members (excludes halogenated alkanes) is 38. The molecule has 3 unspecified atom stereocenters. The van der Waals surface area contributed by atoms with E-state index in [-0.39, 0.29) is 25.9 Å². The van der Waals surface area contributed by atoms with Gasteiger partial charge in [0.15, 0.2) is 6.10 Å². The SMILES string of the molecule is CC/C=C\C/C=C\C/C=C\CCCCCCCCCC(=O)OC(CO)COP(=O)(O)OCC(COC(=O)CCCCCCCCC/C=C\CCCCCCCC)OC(=O)CCCCCCCCCCCCCCCCCCCCC. The number of aliphatic hydroxyl groups is 1. The van der Waals surface area contributed by atoms with Gasteiger partial charge in [0.2, 0.25) is 0 Å². The van der Waals surface area contributed by atoms with Crippen molar-refractivity contribution in [2.45, 2.75) is 341 Å². The third-order valence-corrected chi connectivity index (χ3v) is 15.7. The summed E-state index contributed by atoms with van der Waals surface area (Å²) in [6.45, 7) is 4.59. The molecule has 0 aliphatic carbocycles. The fourth-order valence-corrected chi connectivity index (χ4v) is 10.4. The van der Waals surface area contributed by atoms with E-state index >= 15 is 0 Å². The van der Waals surface area contributed by atoms with Crippen LogP contribution in [0.3, 0.4) is 0 Å². The lowest BCUT2D eigenvalue weighted by Crippen LogP contribution is -2.30. The number of allylic oxidation sites excluding steroid dienone is 8. The van der Waals surface area contributed by atoms with Crippen LogP contribution < -0.4 is 0 Å². The summed E-state index contributed by atoms with van der Waals surface area (Å²) in [4.78, 5) is 48.8. The number of phosphoric acid groups is 1. The first-order chi connectivity index (χ1) is 39.2. The topological polar surface area (TPSA) is 155 Å². The minimum Gasteiger partial charge on any atom is -0.462 e. The Bertz CT molecular complexity index is 1530. The number of aliphatic hydroxyl groups excluding tert-OH is 1. The molecule has 12 heteroatoms. The van der Waals surface area contributed by atoms with Crippen molar-refractivity contribution in [2.24, 2.45) is 0 Å². The van der Waals surface area contributed by atoms with Crippen molar-refractivity contribution in [1.82, 2.24) is 0 Å². The number of hydrogen-bond donors (Lipinski definition) is 2. The molecule has 0 radical (unpaired) electrons. The monoisotopic (exact) mass is 1150 g/mol. The maximum absolute atomic E-state index is 13.0. The summed E-state index contributed by atoms with van der Waals surface area (Å²) in [5.74, 6) is -1.45. The van der Waals surface area contributed by atoms with Gasteiger partial charge in [0.25, 0.3) is 0 Å². The second-order valence-electron chi connectivity index (χ2n) is 22.6. The summed E-state index contributed by atoms with van der Waals surface area (Å²) in [5.41, 5.74) is 0. The van der Waals surface area contributed by atoms with E-state index in [4.69, 9.17) is 23.3 Å². The molecule has 0 saturated heterocycles. The van der Waals surface area contributed by atoms with Gasteiger partial charge in [-0.15, -0.1) is 0 Å². The number of rotatable bonds is 63. The lowest BCUT2D eigenvalue weighted by Gasteiger charge is -2.21. The predicted octanol–water partition coefficient (Wildman–Crippen LogP) is 20.5. The van der Waals surface area contributed by atoms with Crippen molar-refractivity contribution in [3.8, 4) is 0 Å². The average Bonchev–Trinajstić information content (AvgIpc) is 3.45. The number of esters is 3. The van der Waals surface area contributed by atoms with Crippen LogP contribution in [0, 0.1) is 0 Å². The van der Waals surface area contributed by atoms with Crippen LogP contribution in [0.5, 0.6) is 0 Å². The van der Waals surface area contributed by atoms with Gasteiger partial charge in [-0.25, -0.2) is 4.57 Å². The van der Waals surface area contributed by atoms with E-state index in [1.807, 2.05) is 0 Å². The minimum atomic E-state index is -4.76. The number of ether oxygens (including phenoxy) is 3. The van der Waals surface area contributed by atoms with Gasteiger partial charge in [0.05, 0.1) is 19.8 Å². The Morgan fingerprint density at radius 3 is 1.01 bits per heavy atom. The van der Waals surface area contributed by atoms with E-state index in [0.717, 1.165) is 96.3 Å². The number of carbonyl (C=O) groups excluding carboxylic acids is 3. The molecule has 0 aromatic heterocycles. The van der Waals surface area contributed by atoms with Crippen molar-refractivity contribution in [3.05, 3.63) is 48.6 Å². The molecule has 2 N–H and O–H groups in total. The zero-order chi connectivity index (χ0) is 58.3. The number of hydrogen-bond acceptors (Lipinski definition) is 10. The maximum atomic E-state index is 13.0. The maximum Gasteiger partial charge on any atom is 0.472 e. The van der Waals surface area contributed by atoms with Crippen LogP contribution in [-0.2, 0) is 42.2 Å². The quantitative estimate of drug-likeness (QED) is 0.0197. The largest absolute Gasteiger partial charge is 0.472 e. The molecule has 0 bridgehead atoms. The van der Waals surface area contributed by atoms with Crippen molar-refractivity contribution in [1.29, 1.82) is 0 Å². The highest BCUT2D eigenvalue weighted by molar-refractivity contribution is 7.47. The lowest BCUT2D eigenvalue weighted by molar-refractivity contribution is -0.161. The molecule has 0 aromatic rings. The summed E-state index contributed by atoms with van der Waals surface area (Å²) in [5, 5.41) is 9.86. The molecule has 0 saturated carbocycles. The smallest absolute Gasteiger partial charge is 0.462 e. The average molecular weight is 1150 g/mol. The Balaban J connectivity index is 4.66. The van der Waals surface area contributed by atoms with Gasteiger partial charge in [-0.3, -0.25) is 23.4 Å². The van der Waals surface area contributed by atoms with Gasteiger partial charge in [-0.05, 0) is 77.0 Å². The molecular weight excluding hydrogens is 1020 g/mol. The summed E-state index contributed by atoms with van der Waals surface area (Å²) < 4.78 is 39.8. The van der Waals surface area contributed by atoms with Crippen LogP contribution in [0.4, 0.5) is 0 Å². The van der Waals surface area contributed by atoms with E-state index in [9.17, 15) is 28.9 Å². The van der Waals surface area contributed by atoms with E-state index < -0.39 is 57.8 Å². The molecule has 0 fully saturated rings. The lowest BCUT2D eigenvalue weighted by atomic mass is 10.0. The molecule has 468 valence electrons. The first-order valence-electron chi connectivity index (χ1n) is 33.5. The summed E-state index contributed by atoms with van der Waals surface area (Å²) in [6.07, 6.45) is 69.2. The van der Waals surface area contributed by atoms with Crippen LogP contribution in [0.15, 0.2) is 48.6 Å². The van der Waals surface area contributed by atoms with Crippen LogP contribution in [0.2, 0.25) is 0 Å². The van der Waals surface area contributed by atoms with Crippen LogP contribution in [-0.4, -0.2) is 66.5 Å². The Morgan fingerprint density at radius 1 is 0.362 bits per heavy atom. The highest BCUT2D eigenvalue weighted by Gasteiger charge is 2.28. The van der Waals surface area contributed by atoms with Gasteiger partial charge in [-0.2, -0.15) is 0 Å². The molecule has 0 aliphatic heterocycles. The van der Waals surface area contributed by atoms with Crippen molar-refractivity contribution in [2.75, 3.05) is 26.4 Å². The van der Waals surface area contributed by atoms with Gasteiger partial charge >= 0.3 is 25.7 Å². The first kappa shape index (κ1) is 77.4. The van der Waals surface area contributed by atoms with Gasteiger partial charge in [0.1, 0.15) is 12.7 Å². The van der Waals surface area contributed by atoms with Crippen molar-refractivity contribution < 1.29 is 52.2 Å². The van der Waals surface area contributed by atoms with E-state index in [1.54, 1.807) is 0 Å². The Hall–Kier alpha value is -2.56. The molecule has 0 amide bonds. The van der Waals surface area contributed by atoms with Crippen LogP contribution in [0.1, 0.15) is 329 Å². The zero-order valence-electron chi connectivity index (χ0n) is 52.1. The molecule has 0 heterocycles. The fraction of sp³-hybridized carbons (Fsp3) is 0.838. The zero-order valence-corrected chi connectivity index (χ0v) is 53.0. The van der Waals surface area contributed by atoms with E-state index in [0.29, 0.717) is 19.3 Å². The Labute approximate surface area is 492 Å². The summed E-state index contributed by atoms with van der Waals surface area (Å²) >= 11 is 0. The molecule has 0 rings (SSSR count). The van der Waals surface area contributed by atoms with Crippen LogP contribution >= 0.6 is 7.82 Å². The molecule has 0 spiro atoms. The van der Waals surface area contributed by atoms with Crippen molar-refractivity contribution >= 4 is 25.7 Å². The molecule has 0 aromatic carbocycles. The summed E-state index contributed by atoms with van der Waals surface area (Å²) in [6, 6.07) is 0. The molecular formula is C68H125O11P. The van der Waals surface area contributed by atoms with Gasteiger partial charge < -0.3 is 24.2 Å². The predicted molar refractivity (Wildman–Crippen MR) is 335 cm³/mol. The highest BCUT2D eigenvalue weighted by atomic mass is 31.2. The second kappa shape index (κ2) is 62.5. The molecule has 11 nitrogen and oxygen atoms in total. The standard InChI is InChI=1S/C68H125O11P/c1-4-7-10-13-16-19-22-25-28-31-32-35-38-41-44-47-50-53-56-59-68(72)79-65(61-75-66(70)57-54-51-48-45-42-39-36-33-29-26-23-20-17-14-11-8-5-2)63-77-80(73,74)76-62-64(60-69)78-67(71)58-55-52-49-46-43-40-37-34-30-27-24-21-18-15-12-9-6-3/h9,12,18,21,26-27,29-30,64-65,69H,4-8,10-11,13-17,19-20,22-25,28,31-63H2,1-3H3,(H,73,74)/b12-9-,21-18-,29-26-,30-27-. The second-order valence-corrected chi connectivity index (χ2v) is 24.1. The molecule has 0 aliphatic rings. The molecule has 80 heavy (non-hydrogen) atoms. The number of carbonyl (C=O) groups is 3. The van der Waals surface area contributed by atoms with Gasteiger partial charge in [-0.1, -0.05) is 281 Å². The normalized spacial score (nSPS) is 13.5. The summed E-state index contributed by atoms with van der Waals surface area (Å²) in [7, 11) is -4.76. The van der Waals surface area contributed by atoms with Crippen molar-refractivity contribution in [3.63, 3.8) is 0 Å². The molecule has 3 atom stereocenters. The van der Waals surface area contributed by atoms with Gasteiger partial charge in [0, 0.05) is 19.3 Å². The third-order valence-electron chi connectivity index (χ3n) is 14.7. The minimum absolute atomic E-state index is 0.168. The first-order valence-corrected chi connectivity index (χ1v) is 35.0. The van der Waals surface area contributed by atoms with E-state index in [1.165, 1.54) is 173 Å². The Morgan fingerprint density at radius 2 is 0.650 bits per heavy atom. The third kappa shape index (κ3) is 60.0. The Kier molecular flexibility index (Phi) is 60.5. The van der Waals surface area contributed by atoms with Crippen LogP contribution in [0.25, 0.3) is 0 Å². The highest BCUT2D eigenvalue weighted by Crippen LogP contribution is 2.43. The fourth-order valence-electron chi connectivity index (χ4n) is 9.66.